The summed E-state index contributed by atoms with van der Waals surface area (Å²) in [7, 11) is 0. The number of rotatable bonds is 5. The summed E-state index contributed by atoms with van der Waals surface area (Å²) in [6, 6.07) is 8.81. The van der Waals surface area contributed by atoms with Crippen LogP contribution >= 0.6 is 15.9 Å². The van der Waals surface area contributed by atoms with Gasteiger partial charge in [0.05, 0.1) is 25.0 Å². The molecule has 0 spiro atoms. The number of halogens is 1. The molecule has 0 aliphatic carbocycles. The molecule has 1 aromatic heterocycles. The Morgan fingerprint density at radius 3 is 2.96 bits per heavy atom. The van der Waals surface area contributed by atoms with Gasteiger partial charge in [0.25, 0.3) is 5.91 Å². The van der Waals surface area contributed by atoms with Gasteiger partial charge in [-0.2, -0.15) is 0 Å². The second kappa shape index (κ2) is 7.45. The Labute approximate surface area is 153 Å². The molecule has 2 amide bonds. The van der Waals surface area contributed by atoms with Gasteiger partial charge < -0.3 is 14.1 Å². The molecule has 0 fully saturated rings. The minimum atomic E-state index is -0.276. The first-order chi connectivity index (χ1) is 12.1. The van der Waals surface area contributed by atoms with Crippen LogP contribution in [-0.2, 0) is 16.1 Å². The summed E-state index contributed by atoms with van der Waals surface area (Å²) >= 11 is 3.36. The Hall–Kier alpha value is -2.72. The Bertz CT molecular complexity index is 826. The van der Waals surface area contributed by atoms with E-state index >= 15 is 0 Å². The number of terminal acetylenes is 1. The smallest absolute Gasteiger partial charge is 0.265 e. The molecule has 128 valence electrons. The molecule has 0 unspecified atom stereocenters. The topological polar surface area (TPSA) is 63.0 Å². The lowest BCUT2D eigenvalue weighted by molar-refractivity contribution is -0.132. The number of hydrogen-bond donors (Lipinski definition) is 0. The first kappa shape index (κ1) is 17.1. The third-order valence-corrected chi connectivity index (χ3v) is 4.21. The molecule has 7 heteroatoms. The average Bonchev–Trinajstić information content (AvgIpc) is 3.10. The van der Waals surface area contributed by atoms with Crippen molar-refractivity contribution in [3.05, 3.63) is 46.8 Å². The fourth-order valence-corrected chi connectivity index (χ4v) is 2.86. The van der Waals surface area contributed by atoms with Gasteiger partial charge in [0.2, 0.25) is 5.91 Å². The molecule has 0 saturated carbocycles. The molecule has 3 rings (SSSR count). The maximum absolute atomic E-state index is 12.7. The highest BCUT2D eigenvalue weighted by Crippen LogP contribution is 2.34. The number of carbonyl (C=O) groups excluding carboxylic acids is 2. The normalized spacial score (nSPS) is 13.0. The minimum Gasteiger partial charge on any atom is -0.482 e. The van der Waals surface area contributed by atoms with Gasteiger partial charge in [-0.15, -0.1) is 6.42 Å². The number of benzene rings is 1. The third kappa shape index (κ3) is 3.86. The van der Waals surface area contributed by atoms with Crippen molar-refractivity contribution in [2.24, 2.45) is 0 Å². The van der Waals surface area contributed by atoms with E-state index in [1.807, 2.05) is 0 Å². The van der Waals surface area contributed by atoms with Crippen LogP contribution in [0.2, 0.25) is 0 Å². The summed E-state index contributed by atoms with van der Waals surface area (Å²) in [5.41, 5.74) is 0.562. The van der Waals surface area contributed by atoms with Gasteiger partial charge in [0.15, 0.2) is 6.61 Å². The lowest BCUT2D eigenvalue weighted by Gasteiger charge is -2.30. The molecule has 0 atom stereocenters. The number of carbonyl (C=O) groups is 2. The largest absolute Gasteiger partial charge is 0.482 e. The van der Waals surface area contributed by atoms with Crippen LogP contribution < -0.4 is 9.64 Å². The number of anilines is 1. The number of amides is 2. The predicted molar refractivity (Wildman–Crippen MR) is 94.9 cm³/mol. The highest BCUT2D eigenvalue weighted by Gasteiger charge is 2.29. The maximum Gasteiger partial charge on any atom is 0.265 e. The number of ether oxygens (including phenoxy) is 1. The maximum atomic E-state index is 12.7. The summed E-state index contributed by atoms with van der Waals surface area (Å²) in [4.78, 5) is 27.8. The molecule has 1 aliphatic rings. The van der Waals surface area contributed by atoms with Crippen molar-refractivity contribution >= 4 is 33.4 Å². The lowest BCUT2D eigenvalue weighted by atomic mass is 10.2. The Morgan fingerprint density at radius 2 is 2.24 bits per heavy atom. The van der Waals surface area contributed by atoms with Crippen molar-refractivity contribution in [1.82, 2.24) is 4.90 Å². The van der Waals surface area contributed by atoms with Crippen molar-refractivity contribution in [2.75, 3.05) is 24.6 Å². The zero-order chi connectivity index (χ0) is 17.8. The number of nitrogens with zero attached hydrogens (tertiary/aromatic N) is 2. The van der Waals surface area contributed by atoms with Crippen LogP contribution in [0.1, 0.15) is 5.76 Å². The zero-order valence-electron chi connectivity index (χ0n) is 13.3. The van der Waals surface area contributed by atoms with E-state index in [1.165, 1.54) is 16.1 Å². The third-order valence-electron chi connectivity index (χ3n) is 3.72. The quantitative estimate of drug-likeness (QED) is 0.720. The van der Waals surface area contributed by atoms with Gasteiger partial charge in [-0.25, -0.2) is 0 Å². The van der Waals surface area contributed by atoms with Gasteiger partial charge in [0, 0.05) is 4.47 Å². The van der Waals surface area contributed by atoms with E-state index < -0.39 is 0 Å². The lowest BCUT2D eigenvalue weighted by Crippen LogP contribution is -2.46. The average molecular weight is 403 g/mol. The van der Waals surface area contributed by atoms with Crippen LogP contribution in [0.25, 0.3) is 0 Å². The predicted octanol–water partition coefficient (Wildman–Crippen LogP) is 2.43. The van der Waals surface area contributed by atoms with Crippen molar-refractivity contribution < 1.29 is 18.7 Å². The summed E-state index contributed by atoms with van der Waals surface area (Å²) in [5.74, 6) is 3.10. The molecule has 25 heavy (non-hydrogen) atoms. The zero-order valence-corrected chi connectivity index (χ0v) is 14.9. The molecule has 1 aliphatic heterocycles. The van der Waals surface area contributed by atoms with Crippen molar-refractivity contribution in [2.45, 2.75) is 6.54 Å². The second-order valence-electron chi connectivity index (χ2n) is 5.41. The molecule has 2 aromatic rings. The van der Waals surface area contributed by atoms with Crippen molar-refractivity contribution in [3.8, 4) is 18.1 Å². The Morgan fingerprint density at radius 1 is 1.40 bits per heavy atom. The van der Waals surface area contributed by atoms with Gasteiger partial charge >= 0.3 is 0 Å². The van der Waals surface area contributed by atoms with Crippen LogP contribution in [0.4, 0.5) is 5.69 Å². The molecule has 1 aromatic carbocycles. The van der Waals surface area contributed by atoms with Crippen LogP contribution in [0.15, 0.2) is 45.5 Å². The highest BCUT2D eigenvalue weighted by molar-refractivity contribution is 9.10. The van der Waals surface area contributed by atoms with Crippen LogP contribution in [0.5, 0.6) is 5.75 Å². The van der Waals surface area contributed by atoms with E-state index in [0.29, 0.717) is 17.2 Å². The Kier molecular flexibility index (Phi) is 5.10. The van der Waals surface area contributed by atoms with E-state index in [-0.39, 0.29) is 38.1 Å². The van der Waals surface area contributed by atoms with Gasteiger partial charge in [-0.1, -0.05) is 21.9 Å². The van der Waals surface area contributed by atoms with Gasteiger partial charge in [-0.05, 0) is 30.3 Å². The summed E-state index contributed by atoms with van der Waals surface area (Å²) in [5, 5.41) is 0. The SMILES string of the molecule is C#CCN(Cc1ccco1)C(=O)CN1C(=O)COc2cc(Br)ccc21. The molecule has 0 N–H and O–H groups in total. The molecule has 2 heterocycles. The molecule has 0 saturated heterocycles. The second-order valence-corrected chi connectivity index (χ2v) is 6.33. The summed E-state index contributed by atoms with van der Waals surface area (Å²) in [6.45, 7) is 0.163. The van der Waals surface area contributed by atoms with E-state index in [9.17, 15) is 9.59 Å². The number of fused-ring (bicyclic) bond motifs is 1. The molecule has 6 nitrogen and oxygen atoms in total. The van der Waals surface area contributed by atoms with E-state index in [0.717, 1.165) is 4.47 Å². The van der Waals surface area contributed by atoms with Crippen LogP contribution in [0.3, 0.4) is 0 Å². The Balaban J connectivity index is 1.79. The first-order valence-electron chi connectivity index (χ1n) is 7.55. The van der Waals surface area contributed by atoms with Gasteiger partial charge in [0.1, 0.15) is 18.1 Å². The van der Waals surface area contributed by atoms with Gasteiger partial charge in [-0.3, -0.25) is 14.5 Å². The summed E-state index contributed by atoms with van der Waals surface area (Å²) < 4.78 is 11.5. The van der Waals surface area contributed by atoms with Crippen molar-refractivity contribution in [1.29, 1.82) is 0 Å². The fraction of sp³-hybridized carbons (Fsp3) is 0.222. The van der Waals surface area contributed by atoms with Crippen molar-refractivity contribution in [3.63, 3.8) is 0 Å². The number of hydrogen-bond acceptors (Lipinski definition) is 4. The standard InChI is InChI=1S/C18H15BrN2O4/c1-2-7-20(10-14-4-3-8-24-14)17(22)11-21-15-6-5-13(19)9-16(15)25-12-18(21)23/h1,3-6,8-9H,7,10-12H2. The molecule has 0 bridgehead atoms. The summed E-state index contributed by atoms with van der Waals surface area (Å²) in [6.07, 6.45) is 6.90. The number of furan rings is 1. The fourth-order valence-electron chi connectivity index (χ4n) is 2.52. The minimum absolute atomic E-state index is 0.107. The van der Waals surface area contributed by atoms with E-state index in [1.54, 1.807) is 30.3 Å². The van der Waals surface area contributed by atoms with Crippen LogP contribution in [-0.4, -0.2) is 36.4 Å². The van der Waals surface area contributed by atoms with Crippen LogP contribution in [0, 0.1) is 12.3 Å². The monoisotopic (exact) mass is 402 g/mol. The first-order valence-corrected chi connectivity index (χ1v) is 8.34. The molecular formula is C18H15BrN2O4. The molecular weight excluding hydrogens is 388 g/mol. The van der Waals surface area contributed by atoms with E-state index in [2.05, 4.69) is 21.9 Å². The highest BCUT2D eigenvalue weighted by atomic mass is 79.9. The molecule has 0 radical (unpaired) electrons. The van der Waals surface area contributed by atoms with E-state index in [4.69, 9.17) is 15.6 Å².